The van der Waals surface area contributed by atoms with E-state index in [2.05, 4.69) is 56.6 Å². The van der Waals surface area contributed by atoms with Gasteiger partial charge in [-0.25, -0.2) is 0 Å². The Morgan fingerprint density at radius 3 is 2.00 bits per heavy atom. The first-order valence-electron chi connectivity index (χ1n) is 7.99. The van der Waals surface area contributed by atoms with E-state index in [1.807, 2.05) is 11.8 Å². The molecule has 0 heterocycles. The van der Waals surface area contributed by atoms with Crippen molar-refractivity contribution in [3.63, 3.8) is 0 Å². The van der Waals surface area contributed by atoms with Crippen LogP contribution in [0.2, 0.25) is 0 Å². The van der Waals surface area contributed by atoms with Crippen LogP contribution in [0.1, 0.15) is 69.5 Å². The molecule has 1 atom stereocenters. The van der Waals surface area contributed by atoms with E-state index in [0.717, 1.165) is 5.25 Å². The van der Waals surface area contributed by atoms with Crippen molar-refractivity contribution >= 4 is 11.8 Å². The van der Waals surface area contributed by atoms with Gasteiger partial charge in [0.1, 0.15) is 0 Å². The van der Waals surface area contributed by atoms with Gasteiger partial charge in [0.2, 0.25) is 0 Å². The predicted octanol–water partition coefficient (Wildman–Crippen LogP) is 5.13. The maximum Gasteiger partial charge on any atom is 0.0294 e. The Kier molecular flexibility index (Phi) is 5.98. The van der Waals surface area contributed by atoms with E-state index in [1.54, 1.807) is 0 Å². The highest BCUT2D eigenvalue weighted by atomic mass is 32.2. The van der Waals surface area contributed by atoms with Gasteiger partial charge in [-0.15, -0.1) is 0 Å². The third kappa shape index (κ3) is 4.26. The minimum absolute atomic E-state index is 0.465. The summed E-state index contributed by atoms with van der Waals surface area (Å²) in [6, 6.07) is 10.3. The number of rotatable bonds is 5. The van der Waals surface area contributed by atoms with Crippen LogP contribution in [0.25, 0.3) is 0 Å². The predicted molar refractivity (Wildman–Crippen MR) is 91.6 cm³/mol. The van der Waals surface area contributed by atoms with Gasteiger partial charge in [-0.05, 0) is 55.9 Å². The number of hydrogen-bond acceptors (Lipinski definition) is 2. The zero-order chi connectivity index (χ0) is 14.5. The first-order valence-corrected chi connectivity index (χ1v) is 9.27. The van der Waals surface area contributed by atoms with Crippen molar-refractivity contribution in [2.75, 3.05) is 6.26 Å². The summed E-state index contributed by atoms with van der Waals surface area (Å²) >= 11 is 2.04. The van der Waals surface area contributed by atoms with Crippen LogP contribution in [0.5, 0.6) is 0 Å². The molecular formula is C18H29NS. The van der Waals surface area contributed by atoms with Gasteiger partial charge in [-0.3, -0.25) is 0 Å². The van der Waals surface area contributed by atoms with E-state index < -0.39 is 0 Å². The molecular weight excluding hydrogens is 262 g/mol. The fourth-order valence-corrected chi connectivity index (χ4v) is 3.83. The van der Waals surface area contributed by atoms with E-state index >= 15 is 0 Å². The SMILES string of the molecule is CSC1CCC(NC(C)c2ccc(C(C)C)cc2)CC1. The molecule has 0 bridgehead atoms. The molecule has 1 aromatic rings. The Balaban J connectivity index is 1.87. The molecule has 1 fully saturated rings. The van der Waals surface area contributed by atoms with Gasteiger partial charge in [-0.1, -0.05) is 38.1 Å². The van der Waals surface area contributed by atoms with Crippen molar-refractivity contribution in [3.05, 3.63) is 35.4 Å². The fraction of sp³-hybridized carbons (Fsp3) is 0.667. The number of hydrogen-bond donors (Lipinski definition) is 1. The Morgan fingerprint density at radius 1 is 0.950 bits per heavy atom. The Bertz CT molecular complexity index is 390. The van der Waals surface area contributed by atoms with Crippen LogP contribution in [0.4, 0.5) is 0 Å². The molecule has 1 N–H and O–H groups in total. The fourth-order valence-electron chi connectivity index (χ4n) is 3.08. The number of nitrogens with one attached hydrogen (secondary N) is 1. The van der Waals surface area contributed by atoms with Crippen LogP contribution in [0, 0.1) is 0 Å². The zero-order valence-electron chi connectivity index (χ0n) is 13.4. The molecule has 1 aliphatic rings. The van der Waals surface area contributed by atoms with Crippen molar-refractivity contribution in [1.82, 2.24) is 5.32 Å². The van der Waals surface area contributed by atoms with Gasteiger partial charge in [0.05, 0.1) is 0 Å². The van der Waals surface area contributed by atoms with Crippen LogP contribution in [0.15, 0.2) is 24.3 Å². The van der Waals surface area contributed by atoms with E-state index in [9.17, 15) is 0 Å². The molecule has 1 aliphatic carbocycles. The summed E-state index contributed by atoms with van der Waals surface area (Å²) in [6.07, 6.45) is 7.66. The van der Waals surface area contributed by atoms with Crippen LogP contribution in [-0.2, 0) is 0 Å². The van der Waals surface area contributed by atoms with Gasteiger partial charge < -0.3 is 5.32 Å². The summed E-state index contributed by atoms with van der Waals surface area (Å²) in [4.78, 5) is 0. The largest absolute Gasteiger partial charge is 0.307 e. The minimum atomic E-state index is 0.465. The second-order valence-corrected chi connectivity index (χ2v) is 7.56. The van der Waals surface area contributed by atoms with E-state index in [0.29, 0.717) is 18.0 Å². The van der Waals surface area contributed by atoms with Crippen molar-refractivity contribution < 1.29 is 0 Å². The molecule has 0 saturated heterocycles. The molecule has 112 valence electrons. The van der Waals surface area contributed by atoms with Gasteiger partial charge >= 0.3 is 0 Å². The third-order valence-corrected chi connectivity index (χ3v) is 5.73. The van der Waals surface area contributed by atoms with Crippen LogP contribution < -0.4 is 5.32 Å². The normalized spacial score (nSPS) is 24.9. The molecule has 0 radical (unpaired) electrons. The molecule has 1 nitrogen and oxygen atoms in total. The van der Waals surface area contributed by atoms with E-state index in [1.165, 1.54) is 36.8 Å². The quantitative estimate of drug-likeness (QED) is 0.806. The van der Waals surface area contributed by atoms with Crippen LogP contribution in [0.3, 0.4) is 0 Å². The highest BCUT2D eigenvalue weighted by Gasteiger charge is 2.21. The topological polar surface area (TPSA) is 12.0 Å². The van der Waals surface area contributed by atoms with Crippen molar-refractivity contribution in [3.8, 4) is 0 Å². The van der Waals surface area contributed by atoms with E-state index in [-0.39, 0.29) is 0 Å². The molecule has 1 unspecified atom stereocenters. The standard InChI is InChI=1S/C18H29NS/c1-13(2)15-5-7-16(8-6-15)14(3)19-17-9-11-18(20-4)12-10-17/h5-8,13-14,17-19H,9-12H2,1-4H3. The van der Waals surface area contributed by atoms with Crippen LogP contribution >= 0.6 is 11.8 Å². The Labute approximate surface area is 128 Å². The third-order valence-electron chi connectivity index (χ3n) is 4.60. The van der Waals surface area contributed by atoms with Crippen LogP contribution in [-0.4, -0.2) is 17.5 Å². The Morgan fingerprint density at radius 2 is 1.50 bits per heavy atom. The first-order chi connectivity index (χ1) is 9.60. The highest BCUT2D eigenvalue weighted by Crippen LogP contribution is 2.28. The summed E-state index contributed by atoms with van der Waals surface area (Å²) < 4.78 is 0. The molecule has 0 aliphatic heterocycles. The summed E-state index contributed by atoms with van der Waals surface area (Å²) in [5, 5.41) is 4.72. The second kappa shape index (κ2) is 7.51. The first kappa shape index (κ1) is 15.9. The van der Waals surface area contributed by atoms with Crippen molar-refractivity contribution in [1.29, 1.82) is 0 Å². The molecule has 2 heteroatoms. The minimum Gasteiger partial charge on any atom is -0.307 e. The molecule has 1 aromatic carbocycles. The molecule has 2 rings (SSSR count). The lowest BCUT2D eigenvalue weighted by molar-refractivity contribution is 0.352. The number of thioether (sulfide) groups is 1. The molecule has 0 spiro atoms. The molecule has 20 heavy (non-hydrogen) atoms. The summed E-state index contributed by atoms with van der Waals surface area (Å²) in [5.74, 6) is 0.620. The molecule has 0 amide bonds. The zero-order valence-corrected chi connectivity index (χ0v) is 14.2. The summed E-state index contributed by atoms with van der Waals surface area (Å²) in [7, 11) is 0. The maximum absolute atomic E-state index is 3.82. The summed E-state index contributed by atoms with van der Waals surface area (Å²) in [5.41, 5.74) is 2.85. The highest BCUT2D eigenvalue weighted by molar-refractivity contribution is 7.99. The lowest BCUT2D eigenvalue weighted by Crippen LogP contribution is -2.35. The van der Waals surface area contributed by atoms with Gasteiger partial charge in [0.25, 0.3) is 0 Å². The molecule has 0 aromatic heterocycles. The lowest BCUT2D eigenvalue weighted by atomic mass is 9.93. The molecule has 1 saturated carbocycles. The monoisotopic (exact) mass is 291 g/mol. The van der Waals surface area contributed by atoms with Gasteiger partial charge in [0, 0.05) is 17.3 Å². The Hall–Kier alpha value is -0.470. The average Bonchev–Trinajstić information content (AvgIpc) is 2.48. The van der Waals surface area contributed by atoms with Gasteiger partial charge in [0.15, 0.2) is 0 Å². The number of benzene rings is 1. The lowest BCUT2D eigenvalue weighted by Gasteiger charge is -2.30. The van der Waals surface area contributed by atoms with Crippen molar-refractivity contribution in [2.24, 2.45) is 0 Å². The average molecular weight is 292 g/mol. The maximum atomic E-state index is 3.82. The van der Waals surface area contributed by atoms with Gasteiger partial charge in [-0.2, -0.15) is 11.8 Å². The smallest absolute Gasteiger partial charge is 0.0294 e. The second-order valence-electron chi connectivity index (χ2n) is 6.42. The summed E-state index contributed by atoms with van der Waals surface area (Å²) in [6.45, 7) is 6.80. The van der Waals surface area contributed by atoms with E-state index in [4.69, 9.17) is 0 Å². The van der Waals surface area contributed by atoms with Crippen molar-refractivity contribution in [2.45, 2.75) is 69.7 Å².